The summed E-state index contributed by atoms with van der Waals surface area (Å²) >= 11 is 11.8. The summed E-state index contributed by atoms with van der Waals surface area (Å²) in [5.74, 6) is 1.20. The van der Waals surface area contributed by atoms with Crippen LogP contribution in [-0.4, -0.2) is 36.6 Å². The number of benzene rings is 1. The molecule has 7 heteroatoms. The highest BCUT2D eigenvalue weighted by Gasteiger charge is 2.36. The summed E-state index contributed by atoms with van der Waals surface area (Å²) in [5, 5.41) is 4.31. The van der Waals surface area contributed by atoms with E-state index in [1.807, 2.05) is 24.9 Å². The van der Waals surface area contributed by atoms with Crippen LogP contribution in [0, 0.1) is 0 Å². The van der Waals surface area contributed by atoms with Crippen molar-refractivity contribution in [1.29, 1.82) is 0 Å². The van der Waals surface area contributed by atoms with Crippen LogP contribution in [0.4, 0.5) is 0 Å². The van der Waals surface area contributed by atoms with Crippen molar-refractivity contribution in [1.82, 2.24) is 10.2 Å². The number of nitrogens with one attached hydrogen (secondary N) is 1. The van der Waals surface area contributed by atoms with E-state index in [2.05, 4.69) is 5.32 Å². The Kier molecular flexibility index (Phi) is 5.20. The monoisotopic (exact) mass is 380 g/mol. The van der Waals surface area contributed by atoms with Gasteiger partial charge in [0.1, 0.15) is 0 Å². The number of ketones is 1. The molecule has 25 heavy (non-hydrogen) atoms. The van der Waals surface area contributed by atoms with Gasteiger partial charge in [-0.05, 0) is 49.7 Å². The fourth-order valence-electron chi connectivity index (χ4n) is 3.40. The van der Waals surface area contributed by atoms with Gasteiger partial charge in [0, 0.05) is 24.7 Å². The minimum Gasteiger partial charge on any atom is -0.491 e. The fraction of sp³-hybridized carbons (Fsp3) is 0.444. The number of thiocarbonyl (C=S) groups is 1. The fourth-order valence-corrected chi connectivity index (χ4v) is 3.93. The molecule has 2 aliphatic rings. The number of ether oxygens (including phenoxy) is 2. The second-order valence-electron chi connectivity index (χ2n) is 6.05. The van der Waals surface area contributed by atoms with Crippen LogP contribution < -0.4 is 14.8 Å². The third kappa shape index (κ3) is 3.20. The molecule has 1 aromatic carbocycles. The van der Waals surface area contributed by atoms with E-state index < -0.39 is 0 Å². The average Bonchev–Trinajstić information content (AvgIpc) is 2.58. The van der Waals surface area contributed by atoms with Crippen molar-refractivity contribution < 1.29 is 14.3 Å². The molecule has 0 aromatic heterocycles. The van der Waals surface area contributed by atoms with Gasteiger partial charge in [-0.15, -0.1) is 0 Å². The number of nitrogens with zero attached hydrogens (tertiary/aromatic N) is 1. The molecule has 1 aliphatic heterocycles. The van der Waals surface area contributed by atoms with E-state index in [1.165, 1.54) is 0 Å². The van der Waals surface area contributed by atoms with Crippen molar-refractivity contribution in [2.45, 2.75) is 32.2 Å². The number of Topliss-reactive ketones (excluding diaryl/α,β-unsaturated/α-hetero) is 1. The third-order valence-electron chi connectivity index (χ3n) is 4.56. The second kappa shape index (κ2) is 7.22. The van der Waals surface area contributed by atoms with Crippen LogP contribution in [0.2, 0.25) is 5.02 Å². The highest BCUT2D eigenvalue weighted by molar-refractivity contribution is 7.80. The van der Waals surface area contributed by atoms with Crippen LogP contribution >= 0.6 is 23.8 Å². The third-order valence-corrected chi connectivity index (χ3v) is 5.24. The minimum atomic E-state index is -0.325. The van der Waals surface area contributed by atoms with Gasteiger partial charge in [-0.1, -0.05) is 11.6 Å². The number of halogens is 1. The van der Waals surface area contributed by atoms with E-state index >= 15 is 0 Å². The van der Waals surface area contributed by atoms with Gasteiger partial charge in [0.15, 0.2) is 22.4 Å². The first-order valence-electron chi connectivity index (χ1n) is 8.28. The molecular formula is C18H21ClN2O3S. The first kappa shape index (κ1) is 18.0. The van der Waals surface area contributed by atoms with E-state index in [0.29, 0.717) is 34.7 Å². The predicted octanol–water partition coefficient (Wildman–Crippen LogP) is 3.62. The molecule has 1 N–H and O–H groups in total. The van der Waals surface area contributed by atoms with Gasteiger partial charge in [0.05, 0.1) is 24.8 Å². The number of hydrogen-bond acceptors (Lipinski definition) is 4. The number of methoxy groups -OCH3 is 1. The lowest BCUT2D eigenvalue weighted by molar-refractivity contribution is -0.116. The summed E-state index contributed by atoms with van der Waals surface area (Å²) in [4.78, 5) is 14.5. The SMILES string of the molecule is CCOc1cc(C2NC(=S)N(C)C3=C2C(=O)CCC3)cc(Cl)c1OC. The first-order valence-corrected chi connectivity index (χ1v) is 9.07. The zero-order valence-corrected chi connectivity index (χ0v) is 16.1. The molecule has 1 atom stereocenters. The molecular weight excluding hydrogens is 360 g/mol. The normalized spacial score (nSPS) is 20.3. The van der Waals surface area contributed by atoms with Gasteiger partial charge >= 0.3 is 0 Å². The highest BCUT2D eigenvalue weighted by Crippen LogP contribution is 2.42. The second-order valence-corrected chi connectivity index (χ2v) is 6.84. The summed E-state index contributed by atoms with van der Waals surface area (Å²) in [5.41, 5.74) is 2.60. The lowest BCUT2D eigenvalue weighted by atomic mass is 9.85. The summed E-state index contributed by atoms with van der Waals surface area (Å²) in [6.07, 6.45) is 2.25. The number of rotatable bonds is 4. The van der Waals surface area contributed by atoms with Gasteiger partial charge < -0.3 is 19.7 Å². The van der Waals surface area contributed by atoms with E-state index in [4.69, 9.17) is 33.3 Å². The summed E-state index contributed by atoms with van der Waals surface area (Å²) in [6, 6.07) is 3.35. The molecule has 1 aromatic rings. The smallest absolute Gasteiger partial charge is 0.179 e. The molecule has 0 fully saturated rings. The number of carbonyl (C=O) groups is 1. The Balaban J connectivity index is 2.13. The van der Waals surface area contributed by atoms with E-state index in [1.54, 1.807) is 13.2 Å². The Morgan fingerprint density at radius 2 is 2.16 bits per heavy atom. The maximum Gasteiger partial charge on any atom is 0.179 e. The Hall–Kier alpha value is -1.79. The molecule has 0 saturated heterocycles. The number of hydrogen-bond donors (Lipinski definition) is 1. The quantitative estimate of drug-likeness (QED) is 0.805. The molecule has 3 rings (SSSR count). The van der Waals surface area contributed by atoms with Gasteiger partial charge in [-0.3, -0.25) is 4.79 Å². The largest absolute Gasteiger partial charge is 0.491 e. The molecule has 1 unspecified atom stereocenters. The van der Waals surface area contributed by atoms with E-state index in [9.17, 15) is 4.79 Å². The topological polar surface area (TPSA) is 50.8 Å². The molecule has 0 amide bonds. The Morgan fingerprint density at radius 3 is 2.84 bits per heavy atom. The van der Waals surface area contributed by atoms with Crippen LogP contribution in [-0.2, 0) is 4.79 Å². The van der Waals surface area contributed by atoms with Crippen molar-refractivity contribution in [3.63, 3.8) is 0 Å². The molecule has 1 aliphatic carbocycles. The van der Waals surface area contributed by atoms with Gasteiger partial charge in [-0.25, -0.2) is 0 Å². The van der Waals surface area contributed by atoms with Crippen molar-refractivity contribution in [2.24, 2.45) is 0 Å². The molecule has 0 saturated carbocycles. The zero-order valence-electron chi connectivity index (χ0n) is 14.5. The lowest BCUT2D eigenvalue weighted by Gasteiger charge is -2.39. The Labute approximate surface area is 157 Å². The lowest BCUT2D eigenvalue weighted by Crippen LogP contribution is -2.47. The summed E-state index contributed by atoms with van der Waals surface area (Å²) in [7, 11) is 3.45. The van der Waals surface area contributed by atoms with Gasteiger partial charge in [0.2, 0.25) is 0 Å². The van der Waals surface area contributed by atoms with Crippen LogP contribution in [0.25, 0.3) is 0 Å². The van der Waals surface area contributed by atoms with Gasteiger partial charge in [0.25, 0.3) is 0 Å². The molecule has 0 bridgehead atoms. The van der Waals surface area contributed by atoms with Gasteiger partial charge in [-0.2, -0.15) is 0 Å². The van der Waals surface area contributed by atoms with Crippen LogP contribution in [0.15, 0.2) is 23.4 Å². The van der Waals surface area contributed by atoms with E-state index in [-0.39, 0.29) is 11.8 Å². The van der Waals surface area contributed by atoms with Crippen molar-refractivity contribution >= 4 is 34.7 Å². The van der Waals surface area contributed by atoms with E-state index in [0.717, 1.165) is 29.7 Å². The van der Waals surface area contributed by atoms with Crippen molar-refractivity contribution in [3.05, 3.63) is 34.0 Å². The molecule has 0 radical (unpaired) electrons. The maximum atomic E-state index is 12.6. The molecule has 0 spiro atoms. The summed E-state index contributed by atoms with van der Waals surface area (Å²) in [6.45, 7) is 2.39. The molecule has 1 heterocycles. The van der Waals surface area contributed by atoms with Crippen LogP contribution in [0.1, 0.15) is 37.8 Å². The minimum absolute atomic E-state index is 0.151. The standard InChI is InChI=1S/C18H21ClN2O3S/c1-4-24-14-9-10(8-11(19)17(14)23-3)16-15-12(6-5-7-13(15)22)21(2)18(25)20-16/h8-9,16H,4-7H2,1-3H3,(H,20,25). The summed E-state index contributed by atoms with van der Waals surface area (Å²) < 4.78 is 11.0. The zero-order chi connectivity index (χ0) is 18.1. The highest BCUT2D eigenvalue weighted by atomic mass is 35.5. The Bertz CT molecular complexity index is 763. The number of allylic oxidation sites excluding steroid dienone is 1. The van der Waals surface area contributed by atoms with Crippen molar-refractivity contribution in [2.75, 3.05) is 20.8 Å². The van der Waals surface area contributed by atoms with Crippen LogP contribution in [0.3, 0.4) is 0 Å². The molecule has 5 nitrogen and oxygen atoms in total. The Morgan fingerprint density at radius 1 is 1.40 bits per heavy atom. The predicted molar refractivity (Wildman–Crippen MR) is 101 cm³/mol. The average molecular weight is 381 g/mol. The maximum absolute atomic E-state index is 12.6. The number of carbonyl (C=O) groups excluding carboxylic acids is 1. The van der Waals surface area contributed by atoms with Crippen molar-refractivity contribution in [3.8, 4) is 11.5 Å². The van der Waals surface area contributed by atoms with Crippen LogP contribution in [0.5, 0.6) is 11.5 Å². The molecule has 134 valence electrons. The first-order chi connectivity index (χ1) is 12.0.